The van der Waals surface area contributed by atoms with Crippen molar-refractivity contribution in [3.05, 3.63) is 83.3 Å². The van der Waals surface area contributed by atoms with Crippen LogP contribution in [0.3, 0.4) is 0 Å². The van der Waals surface area contributed by atoms with Crippen molar-refractivity contribution in [2.75, 3.05) is 0 Å². The zero-order valence-electron chi connectivity index (χ0n) is 16.3. The molecule has 0 bridgehead atoms. The van der Waals surface area contributed by atoms with E-state index >= 15 is 0 Å². The molecule has 0 saturated carbocycles. The lowest BCUT2D eigenvalue weighted by atomic mass is 10.0. The Morgan fingerprint density at radius 1 is 1.00 bits per heavy atom. The summed E-state index contributed by atoms with van der Waals surface area (Å²) in [7, 11) is -2.54. The van der Waals surface area contributed by atoms with Crippen molar-refractivity contribution in [2.45, 2.75) is 18.5 Å². The molecule has 12 heteroatoms. The number of allylic oxidation sites excluding steroid dienone is 4. The number of nitrogens with one attached hydrogen (secondary N) is 1. The van der Waals surface area contributed by atoms with Crippen molar-refractivity contribution in [2.24, 2.45) is 0 Å². The minimum atomic E-state index is -5.90. The van der Waals surface area contributed by atoms with Crippen LogP contribution >= 0.6 is 0 Å². The molecule has 1 aliphatic rings. The molecule has 0 spiro atoms. The zero-order valence-corrected chi connectivity index (χ0v) is 17.1. The number of rotatable bonds is 5. The van der Waals surface area contributed by atoms with Crippen LogP contribution in [0.25, 0.3) is 0 Å². The number of carbonyl (C=O) groups excluding carboxylic acids is 1. The maximum Gasteiger partial charge on any atom is 0.458 e. The van der Waals surface area contributed by atoms with Crippen LogP contribution in [0.1, 0.15) is 22.3 Å². The average Bonchev–Trinajstić information content (AvgIpc) is 2.74. The first-order valence-corrected chi connectivity index (χ1v) is 10.1. The molecule has 0 unspecified atom stereocenters. The van der Waals surface area contributed by atoms with E-state index < -0.39 is 51.0 Å². The Morgan fingerprint density at radius 2 is 1.67 bits per heavy atom. The Kier molecular flexibility index (Phi) is 6.68. The number of alkyl halides is 5. The van der Waals surface area contributed by atoms with E-state index in [1.54, 1.807) is 0 Å². The quantitative estimate of drug-likeness (QED) is 0.479. The summed E-state index contributed by atoms with van der Waals surface area (Å²) in [6, 6.07) is 5.62. The van der Waals surface area contributed by atoms with Gasteiger partial charge in [-0.25, -0.2) is 4.39 Å². The van der Waals surface area contributed by atoms with Crippen LogP contribution in [-0.2, 0) is 16.2 Å². The Hall–Kier alpha value is -3.54. The topological polar surface area (TPSA) is 72.5 Å². The van der Waals surface area contributed by atoms with Gasteiger partial charge in [0, 0.05) is 17.7 Å². The molecule has 1 aliphatic carbocycles. The van der Waals surface area contributed by atoms with Crippen molar-refractivity contribution < 1.29 is 44.3 Å². The van der Waals surface area contributed by atoms with Gasteiger partial charge in [0.15, 0.2) is 0 Å². The number of halogens is 6. The van der Waals surface area contributed by atoms with Gasteiger partial charge < -0.3 is 10.1 Å². The molecule has 1 amide bonds. The molecule has 0 fully saturated rings. The summed E-state index contributed by atoms with van der Waals surface area (Å²) in [6.07, 6.45) is -2.02. The monoisotopic (exact) mass is 489 g/mol. The van der Waals surface area contributed by atoms with Gasteiger partial charge in [-0.2, -0.15) is 30.4 Å². The lowest BCUT2D eigenvalue weighted by molar-refractivity contribution is -0.289. The molecule has 0 heterocycles. The summed E-state index contributed by atoms with van der Waals surface area (Å²) < 4.78 is 107. The Bertz CT molecular complexity index is 1270. The molecule has 2 aromatic rings. The van der Waals surface area contributed by atoms with Gasteiger partial charge in [0.25, 0.3) is 5.91 Å². The molecular formula is C21H13F6NO4S. The highest BCUT2D eigenvalue weighted by atomic mass is 32.2. The van der Waals surface area contributed by atoms with Crippen LogP contribution in [0.4, 0.5) is 26.3 Å². The second kappa shape index (κ2) is 9.14. The molecule has 5 nitrogen and oxygen atoms in total. The molecule has 0 aromatic heterocycles. The van der Waals surface area contributed by atoms with E-state index in [1.165, 1.54) is 18.2 Å². The van der Waals surface area contributed by atoms with Crippen LogP contribution < -0.4 is 10.1 Å². The standard InChI is InChI=1S/C21H13F6NO4S/c22-13-5-7-15(8-6-13)32-18-10-12(20(23,24)21(25,26)27)4-9-17(18)19(29)28-14-2-1-3-16(11-14)33(30)31/h1-10H,11H2,(H,28,29). The van der Waals surface area contributed by atoms with Crippen molar-refractivity contribution in [3.63, 3.8) is 0 Å². The predicted octanol–water partition coefficient (Wildman–Crippen LogP) is 4.90. The van der Waals surface area contributed by atoms with Crippen molar-refractivity contribution in [3.8, 4) is 11.5 Å². The van der Waals surface area contributed by atoms with Gasteiger partial charge in [0.05, 0.1) is 10.4 Å². The van der Waals surface area contributed by atoms with Crippen LogP contribution in [0.15, 0.2) is 66.4 Å². The van der Waals surface area contributed by atoms with E-state index in [1.807, 2.05) is 0 Å². The van der Waals surface area contributed by atoms with Gasteiger partial charge in [0.2, 0.25) is 10.3 Å². The van der Waals surface area contributed by atoms with E-state index in [-0.39, 0.29) is 22.7 Å². The summed E-state index contributed by atoms with van der Waals surface area (Å²) in [5.74, 6) is -7.62. The summed E-state index contributed by atoms with van der Waals surface area (Å²) in [4.78, 5) is 12.7. The first-order chi connectivity index (χ1) is 15.4. The van der Waals surface area contributed by atoms with Gasteiger partial charge in [0.1, 0.15) is 17.3 Å². The van der Waals surface area contributed by atoms with Crippen molar-refractivity contribution >= 4 is 21.1 Å². The maximum atomic E-state index is 13.9. The molecular weight excluding hydrogens is 476 g/mol. The first kappa shape index (κ1) is 24.1. The van der Waals surface area contributed by atoms with Gasteiger partial charge >= 0.3 is 12.1 Å². The van der Waals surface area contributed by atoms with Gasteiger partial charge in [-0.3, -0.25) is 4.79 Å². The normalized spacial score (nSPS) is 14.0. The molecule has 174 valence electrons. The van der Waals surface area contributed by atoms with Crippen LogP contribution in [0.2, 0.25) is 0 Å². The third kappa shape index (κ3) is 5.45. The minimum absolute atomic E-state index is 0.0317. The maximum absolute atomic E-state index is 13.9. The summed E-state index contributed by atoms with van der Waals surface area (Å²) in [5.41, 5.74) is -1.75. The first-order valence-electron chi connectivity index (χ1n) is 9.04. The highest BCUT2D eigenvalue weighted by Gasteiger charge is 2.58. The Morgan fingerprint density at radius 3 is 2.27 bits per heavy atom. The van der Waals surface area contributed by atoms with E-state index in [9.17, 15) is 39.6 Å². The minimum Gasteiger partial charge on any atom is -0.457 e. The highest BCUT2D eigenvalue weighted by molar-refractivity contribution is 7.73. The molecule has 0 aliphatic heterocycles. The van der Waals surface area contributed by atoms with Crippen LogP contribution in [-0.4, -0.2) is 25.4 Å². The van der Waals surface area contributed by atoms with Crippen molar-refractivity contribution in [1.82, 2.24) is 5.32 Å². The number of amides is 1. The molecule has 0 atom stereocenters. The van der Waals surface area contributed by atoms with Crippen molar-refractivity contribution in [1.29, 1.82) is 0 Å². The van der Waals surface area contributed by atoms with Gasteiger partial charge in [-0.15, -0.1) is 0 Å². The number of hydrogen-bond acceptors (Lipinski definition) is 4. The van der Waals surface area contributed by atoms with Crippen LogP contribution in [0, 0.1) is 5.82 Å². The third-order valence-electron chi connectivity index (χ3n) is 4.42. The van der Waals surface area contributed by atoms with Gasteiger partial charge in [-0.05, 0) is 48.6 Å². The second-order valence-corrected chi connectivity index (χ2v) is 7.72. The largest absolute Gasteiger partial charge is 0.458 e. The SMILES string of the molecule is O=C(NC1=CC=CC(=S(=O)=O)C1)c1ccc(C(F)(F)C(F)(F)F)cc1Oc1ccc(F)cc1. The molecule has 3 rings (SSSR count). The summed E-state index contributed by atoms with van der Waals surface area (Å²) in [6.45, 7) is 0. The molecule has 0 radical (unpaired) electrons. The predicted molar refractivity (Wildman–Crippen MR) is 106 cm³/mol. The number of hydrogen-bond donors (Lipinski definition) is 1. The van der Waals surface area contributed by atoms with Crippen LogP contribution in [0.5, 0.6) is 11.5 Å². The molecule has 1 N–H and O–H groups in total. The van der Waals surface area contributed by atoms with Gasteiger partial charge in [-0.1, -0.05) is 12.1 Å². The number of benzene rings is 2. The number of carbonyl (C=O) groups is 1. The fourth-order valence-electron chi connectivity index (χ4n) is 2.77. The Balaban J connectivity index is 2.00. The second-order valence-electron chi connectivity index (χ2n) is 6.72. The number of ether oxygens (including phenoxy) is 1. The third-order valence-corrected chi connectivity index (χ3v) is 5.13. The smallest absolute Gasteiger partial charge is 0.457 e. The van der Waals surface area contributed by atoms with E-state index in [0.717, 1.165) is 30.3 Å². The lowest BCUT2D eigenvalue weighted by Gasteiger charge is -2.21. The Labute approximate surface area is 184 Å². The molecule has 2 aromatic carbocycles. The van der Waals surface area contributed by atoms with E-state index in [0.29, 0.717) is 12.1 Å². The molecule has 33 heavy (non-hydrogen) atoms. The highest BCUT2D eigenvalue weighted by Crippen LogP contribution is 2.45. The fraction of sp³-hybridized carbons (Fsp3) is 0.143. The fourth-order valence-corrected chi connectivity index (χ4v) is 3.24. The zero-order chi connectivity index (χ0) is 24.4. The lowest BCUT2D eigenvalue weighted by Crippen LogP contribution is -2.33. The summed E-state index contributed by atoms with van der Waals surface area (Å²) in [5, 5.41) is 2.37. The average molecular weight is 489 g/mol. The molecule has 0 saturated heterocycles. The van der Waals surface area contributed by atoms with E-state index in [2.05, 4.69) is 5.32 Å². The summed E-state index contributed by atoms with van der Waals surface area (Å²) >= 11 is 0. The van der Waals surface area contributed by atoms with E-state index in [4.69, 9.17) is 4.74 Å².